The van der Waals surface area contributed by atoms with E-state index in [1.165, 1.54) is 22.7 Å². The molecule has 6 nitrogen and oxygen atoms in total. The van der Waals surface area contributed by atoms with Gasteiger partial charge in [0.1, 0.15) is 6.04 Å². The van der Waals surface area contributed by atoms with E-state index in [2.05, 4.69) is 10.6 Å². The highest BCUT2D eigenvalue weighted by molar-refractivity contribution is 7.12. The SMILES string of the molecule is O=C(NCC(=O)N(CCc1ccccc1)[C@H](C(=O)NC1CCCC1)c1cccs1)c1cccs1. The van der Waals surface area contributed by atoms with Gasteiger partial charge in [-0.2, -0.15) is 0 Å². The normalized spacial score (nSPS) is 14.5. The van der Waals surface area contributed by atoms with Crippen molar-refractivity contribution in [2.24, 2.45) is 0 Å². The molecule has 2 heterocycles. The predicted octanol–water partition coefficient (Wildman–Crippen LogP) is 4.41. The van der Waals surface area contributed by atoms with Gasteiger partial charge in [-0.1, -0.05) is 55.3 Å². The number of carbonyl (C=O) groups is 3. The van der Waals surface area contributed by atoms with Crippen molar-refractivity contribution in [2.75, 3.05) is 13.1 Å². The maximum atomic E-state index is 13.5. The first-order valence-electron chi connectivity index (χ1n) is 11.6. The van der Waals surface area contributed by atoms with Crippen LogP contribution in [0.2, 0.25) is 0 Å². The van der Waals surface area contributed by atoms with E-state index in [-0.39, 0.29) is 30.3 Å². The van der Waals surface area contributed by atoms with E-state index in [0.717, 1.165) is 36.1 Å². The van der Waals surface area contributed by atoms with E-state index in [4.69, 9.17) is 0 Å². The van der Waals surface area contributed by atoms with Crippen molar-refractivity contribution in [1.82, 2.24) is 15.5 Å². The molecular weight excluding hydrogens is 466 g/mol. The summed E-state index contributed by atoms with van der Waals surface area (Å²) in [7, 11) is 0. The van der Waals surface area contributed by atoms with E-state index in [1.54, 1.807) is 17.0 Å². The van der Waals surface area contributed by atoms with Crippen molar-refractivity contribution in [1.29, 1.82) is 0 Å². The fourth-order valence-electron chi connectivity index (χ4n) is 4.27. The molecule has 1 atom stereocenters. The van der Waals surface area contributed by atoms with Gasteiger partial charge in [0.15, 0.2) is 0 Å². The van der Waals surface area contributed by atoms with Gasteiger partial charge >= 0.3 is 0 Å². The molecule has 0 spiro atoms. The molecule has 178 valence electrons. The lowest BCUT2D eigenvalue weighted by Gasteiger charge is -2.31. The topological polar surface area (TPSA) is 78.5 Å². The van der Waals surface area contributed by atoms with Crippen LogP contribution < -0.4 is 10.6 Å². The maximum absolute atomic E-state index is 13.5. The van der Waals surface area contributed by atoms with Gasteiger partial charge in [0, 0.05) is 17.5 Å². The summed E-state index contributed by atoms with van der Waals surface area (Å²) in [6.45, 7) is 0.211. The van der Waals surface area contributed by atoms with Gasteiger partial charge in [-0.05, 0) is 47.7 Å². The monoisotopic (exact) mass is 495 g/mol. The van der Waals surface area contributed by atoms with Crippen molar-refractivity contribution in [3.05, 3.63) is 80.7 Å². The predicted molar refractivity (Wildman–Crippen MR) is 136 cm³/mol. The molecule has 0 radical (unpaired) electrons. The van der Waals surface area contributed by atoms with E-state index in [0.29, 0.717) is 17.8 Å². The third kappa shape index (κ3) is 6.33. The van der Waals surface area contributed by atoms with Crippen LogP contribution in [0, 0.1) is 0 Å². The first-order valence-corrected chi connectivity index (χ1v) is 13.4. The first kappa shape index (κ1) is 24.2. The van der Waals surface area contributed by atoms with Gasteiger partial charge in [-0.25, -0.2) is 0 Å². The van der Waals surface area contributed by atoms with Gasteiger partial charge in [-0.15, -0.1) is 22.7 Å². The lowest BCUT2D eigenvalue weighted by Crippen LogP contribution is -2.49. The van der Waals surface area contributed by atoms with Crippen LogP contribution in [0.4, 0.5) is 0 Å². The molecule has 0 bridgehead atoms. The standard InChI is InChI=1S/C26H29N3O3S2/c30-23(18-27-25(31)22-13-7-17-34-22)29(15-14-19-8-2-1-3-9-19)24(21-12-6-16-33-21)26(32)28-20-10-4-5-11-20/h1-3,6-9,12-13,16-17,20,24H,4-5,10-11,14-15,18H2,(H,27,31)(H,28,32)/t24-/m0/s1. The number of nitrogens with one attached hydrogen (secondary N) is 2. The molecule has 8 heteroatoms. The maximum Gasteiger partial charge on any atom is 0.261 e. The molecule has 1 aliphatic carbocycles. The van der Waals surface area contributed by atoms with Crippen molar-refractivity contribution in [3.8, 4) is 0 Å². The Morgan fingerprint density at radius 1 is 0.941 bits per heavy atom. The average molecular weight is 496 g/mol. The molecule has 34 heavy (non-hydrogen) atoms. The molecule has 2 N–H and O–H groups in total. The van der Waals surface area contributed by atoms with Crippen LogP contribution in [0.15, 0.2) is 65.4 Å². The second-order valence-corrected chi connectivity index (χ2v) is 10.3. The summed E-state index contributed by atoms with van der Waals surface area (Å²) in [5, 5.41) is 9.65. The van der Waals surface area contributed by atoms with Crippen LogP contribution in [0.3, 0.4) is 0 Å². The minimum absolute atomic E-state index is 0.152. The molecule has 3 aromatic rings. The molecule has 3 amide bonds. The number of hydrogen-bond acceptors (Lipinski definition) is 5. The number of carbonyl (C=O) groups excluding carboxylic acids is 3. The van der Waals surface area contributed by atoms with Gasteiger partial charge in [0.25, 0.3) is 5.91 Å². The number of nitrogens with zero attached hydrogens (tertiary/aromatic N) is 1. The highest BCUT2D eigenvalue weighted by Crippen LogP contribution is 2.28. The number of thiophene rings is 2. The third-order valence-corrected chi connectivity index (χ3v) is 7.82. The van der Waals surface area contributed by atoms with E-state index < -0.39 is 6.04 Å². The summed E-state index contributed by atoms with van der Waals surface area (Å²) < 4.78 is 0. The second kappa shape index (κ2) is 11.9. The summed E-state index contributed by atoms with van der Waals surface area (Å²) in [4.78, 5) is 42.4. The number of hydrogen-bond donors (Lipinski definition) is 2. The quantitative estimate of drug-likeness (QED) is 0.437. The zero-order chi connectivity index (χ0) is 23.8. The van der Waals surface area contributed by atoms with Crippen LogP contribution in [0.5, 0.6) is 0 Å². The van der Waals surface area contributed by atoms with Gasteiger partial charge in [0.2, 0.25) is 11.8 Å². The summed E-state index contributed by atoms with van der Waals surface area (Å²) in [6.07, 6.45) is 4.78. The van der Waals surface area contributed by atoms with E-state index in [1.807, 2.05) is 53.2 Å². The summed E-state index contributed by atoms with van der Waals surface area (Å²) >= 11 is 2.79. The van der Waals surface area contributed by atoms with Gasteiger partial charge < -0.3 is 15.5 Å². The molecule has 1 saturated carbocycles. The molecule has 2 aromatic heterocycles. The molecular formula is C26H29N3O3S2. The fraction of sp³-hybridized carbons (Fsp3) is 0.346. The van der Waals surface area contributed by atoms with Gasteiger partial charge in [0.05, 0.1) is 11.4 Å². The molecule has 1 aromatic carbocycles. The zero-order valence-electron chi connectivity index (χ0n) is 18.9. The second-order valence-electron chi connectivity index (χ2n) is 8.39. The Hall–Kier alpha value is -2.97. The first-order chi connectivity index (χ1) is 16.6. The summed E-state index contributed by atoms with van der Waals surface area (Å²) in [5.41, 5.74) is 1.09. The Morgan fingerprint density at radius 3 is 2.35 bits per heavy atom. The van der Waals surface area contributed by atoms with Crippen molar-refractivity contribution >= 4 is 40.4 Å². The van der Waals surface area contributed by atoms with Crippen LogP contribution in [-0.4, -0.2) is 41.8 Å². The average Bonchev–Trinajstić information content (AvgIpc) is 3.64. The van der Waals surface area contributed by atoms with E-state index >= 15 is 0 Å². The lowest BCUT2D eigenvalue weighted by atomic mass is 10.1. The smallest absolute Gasteiger partial charge is 0.261 e. The fourth-order valence-corrected chi connectivity index (χ4v) is 5.74. The largest absolute Gasteiger partial charge is 0.351 e. The Bertz CT molecular complexity index is 1060. The van der Waals surface area contributed by atoms with Crippen LogP contribution in [0.25, 0.3) is 0 Å². The van der Waals surface area contributed by atoms with Crippen LogP contribution >= 0.6 is 22.7 Å². The van der Waals surface area contributed by atoms with Gasteiger partial charge in [-0.3, -0.25) is 14.4 Å². The molecule has 0 aliphatic heterocycles. The highest BCUT2D eigenvalue weighted by Gasteiger charge is 2.33. The van der Waals surface area contributed by atoms with Crippen molar-refractivity contribution in [2.45, 2.75) is 44.2 Å². The summed E-state index contributed by atoms with van der Waals surface area (Å²) in [5.74, 6) is -0.712. The summed E-state index contributed by atoms with van der Waals surface area (Å²) in [6, 6.07) is 16.7. The lowest BCUT2D eigenvalue weighted by molar-refractivity contribution is -0.140. The molecule has 0 unspecified atom stereocenters. The van der Waals surface area contributed by atoms with Crippen molar-refractivity contribution in [3.63, 3.8) is 0 Å². The van der Waals surface area contributed by atoms with Crippen LogP contribution in [-0.2, 0) is 16.0 Å². The Morgan fingerprint density at radius 2 is 1.68 bits per heavy atom. The highest BCUT2D eigenvalue weighted by atomic mass is 32.1. The number of benzene rings is 1. The Kier molecular flexibility index (Phi) is 8.49. The minimum Gasteiger partial charge on any atom is -0.351 e. The number of amides is 3. The van der Waals surface area contributed by atoms with Crippen LogP contribution in [0.1, 0.15) is 51.8 Å². The Balaban J connectivity index is 1.54. The third-order valence-electron chi connectivity index (χ3n) is 6.02. The molecule has 1 aliphatic rings. The molecule has 0 saturated heterocycles. The van der Waals surface area contributed by atoms with Crippen molar-refractivity contribution < 1.29 is 14.4 Å². The molecule has 1 fully saturated rings. The van der Waals surface area contributed by atoms with E-state index in [9.17, 15) is 14.4 Å². The zero-order valence-corrected chi connectivity index (χ0v) is 20.6. The minimum atomic E-state index is -0.726. The Labute approximate surface area is 208 Å². The number of rotatable bonds is 10. The molecule has 4 rings (SSSR count).